The molecule has 7 nitrogen and oxygen atoms in total. The molecule has 2 aromatic rings. The molecule has 7 heteroatoms. The molecule has 0 saturated carbocycles. The Balaban J connectivity index is 1.85. The number of amides is 2. The van der Waals surface area contributed by atoms with E-state index in [4.69, 9.17) is 9.47 Å². The highest BCUT2D eigenvalue weighted by Crippen LogP contribution is 2.26. The van der Waals surface area contributed by atoms with E-state index in [9.17, 15) is 9.59 Å². The number of nitrogens with one attached hydrogen (secondary N) is 2. The van der Waals surface area contributed by atoms with Gasteiger partial charge in [-0.2, -0.15) is 5.10 Å². The molecule has 2 N–H and O–H groups in total. The normalized spacial score (nSPS) is 10.4. The number of ether oxygens (including phenoxy) is 2. The van der Waals surface area contributed by atoms with Gasteiger partial charge in [-0.3, -0.25) is 9.59 Å². The fourth-order valence-corrected chi connectivity index (χ4v) is 2.20. The number of methoxy groups -OCH3 is 2. The fraction of sp³-hybridized carbons (Fsp3) is 0.211. The van der Waals surface area contributed by atoms with Gasteiger partial charge in [-0.25, -0.2) is 5.43 Å². The standard InChI is InChI=1S/C19H21N3O4/c1-13-5-4-6-15(9-13)19(24)20-12-18(23)22-21-11-14-7-8-16(25-2)17(10-14)26-3/h4-11H,12H2,1-3H3,(H,20,24)(H,22,23)/b21-11+. The van der Waals surface area contributed by atoms with Gasteiger partial charge in [0.1, 0.15) is 0 Å². The monoisotopic (exact) mass is 355 g/mol. The largest absolute Gasteiger partial charge is 0.493 e. The molecule has 0 saturated heterocycles. The van der Waals surface area contributed by atoms with Gasteiger partial charge < -0.3 is 14.8 Å². The molecular formula is C19H21N3O4. The molecule has 2 aromatic carbocycles. The van der Waals surface area contributed by atoms with Gasteiger partial charge in [-0.05, 0) is 42.8 Å². The van der Waals surface area contributed by atoms with Crippen LogP contribution in [0.25, 0.3) is 0 Å². The van der Waals surface area contributed by atoms with Gasteiger partial charge >= 0.3 is 0 Å². The Morgan fingerprint density at radius 1 is 1.08 bits per heavy atom. The number of hydrazone groups is 1. The summed E-state index contributed by atoms with van der Waals surface area (Å²) in [7, 11) is 3.09. The lowest BCUT2D eigenvalue weighted by Gasteiger charge is -2.07. The van der Waals surface area contributed by atoms with Gasteiger partial charge in [0.05, 0.1) is 27.0 Å². The van der Waals surface area contributed by atoms with E-state index in [1.54, 1.807) is 43.5 Å². The Morgan fingerprint density at radius 3 is 2.54 bits per heavy atom. The highest BCUT2D eigenvalue weighted by Gasteiger charge is 2.07. The molecule has 26 heavy (non-hydrogen) atoms. The lowest BCUT2D eigenvalue weighted by molar-refractivity contribution is -0.120. The molecule has 0 radical (unpaired) electrons. The highest BCUT2D eigenvalue weighted by molar-refractivity contribution is 5.96. The zero-order chi connectivity index (χ0) is 18.9. The van der Waals surface area contributed by atoms with Crippen LogP contribution in [-0.4, -0.2) is 38.8 Å². The van der Waals surface area contributed by atoms with Crippen molar-refractivity contribution in [3.05, 3.63) is 59.2 Å². The smallest absolute Gasteiger partial charge is 0.259 e. The molecule has 0 spiro atoms. The van der Waals surface area contributed by atoms with Crippen molar-refractivity contribution in [2.45, 2.75) is 6.92 Å². The summed E-state index contributed by atoms with van der Waals surface area (Å²) in [5, 5.41) is 6.41. The molecule has 0 unspecified atom stereocenters. The van der Waals surface area contributed by atoms with E-state index in [1.165, 1.54) is 13.3 Å². The molecule has 2 amide bonds. The average Bonchev–Trinajstić information content (AvgIpc) is 2.65. The van der Waals surface area contributed by atoms with Crippen molar-refractivity contribution >= 4 is 18.0 Å². The summed E-state index contributed by atoms with van der Waals surface area (Å²) in [5.41, 5.74) is 4.57. The van der Waals surface area contributed by atoms with Crippen LogP contribution in [0.2, 0.25) is 0 Å². The molecule has 2 rings (SSSR count). The van der Waals surface area contributed by atoms with Crippen LogP contribution >= 0.6 is 0 Å². The third kappa shape index (κ3) is 5.34. The topological polar surface area (TPSA) is 89.0 Å². The lowest BCUT2D eigenvalue weighted by atomic mass is 10.1. The van der Waals surface area contributed by atoms with E-state index in [0.29, 0.717) is 17.1 Å². The van der Waals surface area contributed by atoms with Crippen LogP contribution in [0.15, 0.2) is 47.6 Å². The van der Waals surface area contributed by atoms with Crippen LogP contribution < -0.4 is 20.2 Å². The minimum Gasteiger partial charge on any atom is -0.493 e. The molecule has 0 aliphatic carbocycles. The van der Waals surface area contributed by atoms with Crippen LogP contribution in [0.1, 0.15) is 21.5 Å². The van der Waals surface area contributed by atoms with Gasteiger partial charge in [0.15, 0.2) is 11.5 Å². The summed E-state index contributed by atoms with van der Waals surface area (Å²) in [4.78, 5) is 23.7. The second-order valence-electron chi connectivity index (χ2n) is 5.46. The predicted molar refractivity (Wildman–Crippen MR) is 98.8 cm³/mol. The first-order valence-corrected chi connectivity index (χ1v) is 7.92. The SMILES string of the molecule is COc1ccc(/C=N/NC(=O)CNC(=O)c2cccc(C)c2)cc1OC. The van der Waals surface area contributed by atoms with Crippen molar-refractivity contribution < 1.29 is 19.1 Å². The number of benzene rings is 2. The molecule has 0 aliphatic rings. The summed E-state index contributed by atoms with van der Waals surface area (Å²) in [6.07, 6.45) is 1.47. The van der Waals surface area contributed by atoms with Gasteiger partial charge in [0.2, 0.25) is 0 Å². The quantitative estimate of drug-likeness (QED) is 0.586. The van der Waals surface area contributed by atoms with Crippen LogP contribution in [-0.2, 0) is 4.79 Å². The maximum atomic E-state index is 12.0. The number of nitrogens with zero attached hydrogens (tertiary/aromatic N) is 1. The third-order valence-electron chi connectivity index (χ3n) is 3.50. The molecule has 0 heterocycles. The first-order chi connectivity index (χ1) is 12.5. The number of rotatable bonds is 7. The molecule has 0 aromatic heterocycles. The van der Waals surface area contributed by atoms with E-state index in [1.807, 2.05) is 13.0 Å². The number of hydrogen-bond acceptors (Lipinski definition) is 5. The molecular weight excluding hydrogens is 334 g/mol. The van der Waals surface area contributed by atoms with E-state index in [2.05, 4.69) is 15.8 Å². The molecule has 0 bridgehead atoms. The Kier molecular flexibility index (Phi) is 6.73. The second-order valence-corrected chi connectivity index (χ2v) is 5.46. The summed E-state index contributed by atoms with van der Waals surface area (Å²) in [6, 6.07) is 12.4. The number of carbonyl (C=O) groups is 2. The van der Waals surface area contributed by atoms with Gasteiger partial charge in [-0.1, -0.05) is 17.7 Å². The van der Waals surface area contributed by atoms with Gasteiger partial charge in [-0.15, -0.1) is 0 Å². The number of carbonyl (C=O) groups excluding carboxylic acids is 2. The maximum Gasteiger partial charge on any atom is 0.259 e. The van der Waals surface area contributed by atoms with Crippen LogP contribution in [0, 0.1) is 6.92 Å². The van der Waals surface area contributed by atoms with Gasteiger partial charge in [0, 0.05) is 5.56 Å². The van der Waals surface area contributed by atoms with Gasteiger partial charge in [0.25, 0.3) is 11.8 Å². The Morgan fingerprint density at radius 2 is 1.85 bits per heavy atom. The van der Waals surface area contributed by atoms with Crippen molar-refractivity contribution in [3.63, 3.8) is 0 Å². The maximum absolute atomic E-state index is 12.0. The van der Waals surface area contributed by atoms with Crippen molar-refractivity contribution in [3.8, 4) is 11.5 Å². The summed E-state index contributed by atoms with van der Waals surface area (Å²) in [6.45, 7) is 1.72. The fourth-order valence-electron chi connectivity index (χ4n) is 2.20. The van der Waals surface area contributed by atoms with E-state index in [-0.39, 0.29) is 12.5 Å². The molecule has 0 fully saturated rings. The Bertz CT molecular complexity index is 818. The molecule has 0 atom stereocenters. The Hall–Kier alpha value is -3.35. The van der Waals surface area contributed by atoms with Crippen molar-refractivity contribution in [1.29, 1.82) is 0 Å². The van der Waals surface area contributed by atoms with Crippen molar-refractivity contribution in [1.82, 2.24) is 10.7 Å². The molecule has 136 valence electrons. The summed E-state index contributed by atoms with van der Waals surface area (Å²) in [5.74, 6) is 0.427. The zero-order valence-corrected chi connectivity index (χ0v) is 14.9. The van der Waals surface area contributed by atoms with E-state index in [0.717, 1.165) is 11.1 Å². The highest BCUT2D eigenvalue weighted by atomic mass is 16.5. The zero-order valence-electron chi connectivity index (χ0n) is 14.9. The van der Waals surface area contributed by atoms with Crippen LogP contribution in [0.5, 0.6) is 11.5 Å². The molecule has 0 aliphatic heterocycles. The second kappa shape index (κ2) is 9.22. The minimum atomic E-state index is -0.428. The summed E-state index contributed by atoms with van der Waals surface area (Å²) < 4.78 is 10.4. The summed E-state index contributed by atoms with van der Waals surface area (Å²) >= 11 is 0. The van der Waals surface area contributed by atoms with Crippen molar-refractivity contribution in [2.24, 2.45) is 5.10 Å². The van der Waals surface area contributed by atoms with Crippen LogP contribution in [0.3, 0.4) is 0 Å². The van der Waals surface area contributed by atoms with E-state index < -0.39 is 5.91 Å². The third-order valence-corrected chi connectivity index (χ3v) is 3.50. The first kappa shape index (κ1) is 19.0. The Labute approximate surface area is 152 Å². The lowest BCUT2D eigenvalue weighted by Crippen LogP contribution is -2.34. The van der Waals surface area contributed by atoms with Crippen molar-refractivity contribution in [2.75, 3.05) is 20.8 Å². The number of hydrogen-bond donors (Lipinski definition) is 2. The first-order valence-electron chi connectivity index (χ1n) is 7.92. The average molecular weight is 355 g/mol. The van der Waals surface area contributed by atoms with E-state index >= 15 is 0 Å². The number of aryl methyl sites for hydroxylation is 1. The van der Waals surface area contributed by atoms with Crippen LogP contribution in [0.4, 0.5) is 0 Å². The minimum absolute atomic E-state index is 0.171. The predicted octanol–water partition coefficient (Wildman–Crippen LogP) is 1.89.